The van der Waals surface area contributed by atoms with Crippen LogP contribution in [0.1, 0.15) is 6.92 Å². The number of hydrogen-bond acceptors (Lipinski definition) is 2. The molecule has 1 saturated heterocycles. The van der Waals surface area contributed by atoms with Gasteiger partial charge in [0.15, 0.2) is 0 Å². The second kappa shape index (κ2) is 3.51. The highest BCUT2D eigenvalue weighted by atomic mass is 16.5. The Kier molecular flexibility index (Phi) is 2.58. The molecule has 0 unspecified atom stereocenters. The monoisotopic (exact) mass is 127 g/mol. The quantitative estimate of drug-likeness (QED) is 0.518. The lowest BCUT2D eigenvalue weighted by atomic mass is 10.4. The van der Waals surface area contributed by atoms with Gasteiger partial charge in [0.05, 0.1) is 13.2 Å². The molecule has 0 aromatic heterocycles. The molecule has 0 aromatic rings. The first-order valence-electron chi connectivity index (χ1n) is 3.38. The number of ether oxygens (including phenoxy) is 1. The van der Waals surface area contributed by atoms with Crippen LogP contribution in [0.5, 0.6) is 0 Å². The SMILES string of the molecule is C/C=C/N1CCOCC1. The molecule has 0 N–H and O–H groups in total. The Hall–Kier alpha value is -0.500. The number of rotatable bonds is 1. The number of allylic oxidation sites excluding steroid dienone is 1. The van der Waals surface area contributed by atoms with E-state index in [1.807, 2.05) is 6.92 Å². The molecule has 1 aliphatic rings. The fraction of sp³-hybridized carbons (Fsp3) is 0.714. The summed E-state index contributed by atoms with van der Waals surface area (Å²) < 4.78 is 5.17. The Labute approximate surface area is 56.1 Å². The van der Waals surface area contributed by atoms with Gasteiger partial charge in [-0.25, -0.2) is 0 Å². The topological polar surface area (TPSA) is 12.5 Å². The first-order chi connectivity index (χ1) is 4.43. The summed E-state index contributed by atoms with van der Waals surface area (Å²) in [5, 5.41) is 0. The molecule has 52 valence electrons. The smallest absolute Gasteiger partial charge is 0.0642 e. The Bertz CT molecular complexity index is 95.1. The number of hydrogen-bond donors (Lipinski definition) is 0. The zero-order valence-electron chi connectivity index (χ0n) is 5.84. The van der Waals surface area contributed by atoms with Crippen LogP contribution in [0, 0.1) is 0 Å². The van der Waals surface area contributed by atoms with Crippen molar-refractivity contribution < 1.29 is 4.74 Å². The van der Waals surface area contributed by atoms with Crippen molar-refractivity contribution in [3.05, 3.63) is 12.3 Å². The van der Waals surface area contributed by atoms with Crippen molar-refractivity contribution in [2.24, 2.45) is 0 Å². The summed E-state index contributed by atoms with van der Waals surface area (Å²) in [6, 6.07) is 0. The van der Waals surface area contributed by atoms with Crippen LogP contribution >= 0.6 is 0 Å². The van der Waals surface area contributed by atoms with E-state index in [9.17, 15) is 0 Å². The van der Waals surface area contributed by atoms with Gasteiger partial charge in [-0.15, -0.1) is 0 Å². The lowest BCUT2D eigenvalue weighted by Gasteiger charge is -2.24. The van der Waals surface area contributed by atoms with Crippen LogP contribution in [0.3, 0.4) is 0 Å². The van der Waals surface area contributed by atoms with Gasteiger partial charge in [0.25, 0.3) is 0 Å². The van der Waals surface area contributed by atoms with Crippen molar-refractivity contribution in [1.29, 1.82) is 0 Å². The van der Waals surface area contributed by atoms with Crippen molar-refractivity contribution in [1.82, 2.24) is 4.90 Å². The van der Waals surface area contributed by atoms with Crippen molar-refractivity contribution in [3.63, 3.8) is 0 Å². The van der Waals surface area contributed by atoms with Crippen LogP contribution in [0.25, 0.3) is 0 Å². The lowest BCUT2D eigenvalue weighted by molar-refractivity contribution is 0.0593. The molecule has 0 spiro atoms. The molecular weight excluding hydrogens is 114 g/mol. The van der Waals surface area contributed by atoms with E-state index in [0.29, 0.717) is 0 Å². The zero-order chi connectivity index (χ0) is 6.53. The summed E-state index contributed by atoms with van der Waals surface area (Å²) in [5.74, 6) is 0. The minimum Gasteiger partial charge on any atom is -0.378 e. The summed E-state index contributed by atoms with van der Waals surface area (Å²) in [6.45, 7) is 5.89. The van der Waals surface area contributed by atoms with Gasteiger partial charge in [0, 0.05) is 13.1 Å². The van der Waals surface area contributed by atoms with Gasteiger partial charge in [-0.05, 0) is 13.1 Å². The molecular formula is C7H13NO. The third kappa shape index (κ3) is 2.06. The predicted octanol–water partition coefficient (Wildman–Crippen LogP) is 0.852. The number of morpholine rings is 1. The second-order valence-electron chi connectivity index (χ2n) is 2.13. The fourth-order valence-corrected chi connectivity index (χ4v) is 0.937. The molecule has 0 amide bonds. The van der Waals surface area contributed by atoms with E-state index in [1.165, 1.54) is 0 Å². The highest BCUT2D eigenvalue weighted by Gasteiger charge is 2.03. The summed E-state index contributed by atoms with van der Waals surface area (Å²) in [5.41, 5.74) is 0. The molecule has 0 atom stereocenters. The van der Waals surface area contributed by atoms with Crippen LogP contribution in [0.2, 0.25) is 0 Å². The Morgan fingerprint density at radius 1 is 1.33 bits per heavy atom. The molecule has 2 heteroatoms. The average molecular weight is 127 g/mol. The van der Waals surface area contributed by atoms with E-state index < -0.39 is 0 Å². The van der Waals surface area contributed by atoms with E-state index in [4.69, 9.17) is 4.74 Å². The molecule has 0 saturated carbocycles. The van der Waals surface area contributed by atoms with Crippen LogP contribution in [0.15, 0.2) is 12.3 Å². The minimum absolute atomic E-state index is 0.879. The third-order valence-corrected chi connectivity index (χ3v) is 1.41. The van der Waals surface area contributed by atoms with Gasteiger partial charge in [0.2, 0.25) is 0 Å². The van der Waals surface area contributed by atoms with Crippen molar-refractivity contribution in [2.75, 3.05) is 26.3 Å². The molecule has 0 bridgehead atoms. The molecule has 1 fully saturated rings. The minimum atomic E-state index is 0.879. The van der Waals surface area contributed by atoms with Gasteiger partial charge in [-0.2, -0.15) is 0 Å². The highest BCUT2D eigenvalue weighted by molar-refractivity contribution is 4.79. The van der Waals surface area contributed by atoms with E-state index in [2.05, 4.69) is 17.2 Å². The highest BCUT2D eigenvalue weighted by Crippen LogP contribution is 1.95. The molecule has 9 heavy (non-hydrogen) atoms. The maximum atomic E-state index is 5.17. The van der Waals surface area contributed by atoms with Crippen LogP contribution in [0.4, 0.5) is 0 Å². The van der Waals surface area contributed by atoms with Crippen LogP contribution in [-0.4, -0.2) is 31.2 Å². The molecule has 1 rings (SSSR count). The zero-order valence-corrected chi connectivity index (χ0v) is 5.84. The fourth-order valence-electron chi connectivity index (χ4n) is 0.937. The predicted molar refractivity (Wildman–Crippen MR) is 37.2 cm³/mol. The van der Waals surface area contributed by atoms with Crippen LogP contribution < -0.4 is 0 Å². The average Bonchev–Trinajstić information content (AvgIpc) is 1.91. The van der Waals surface area contributed by atoms with Gasteiger partial charge in [-0.1, -0.05) is 6.08 Å². The van der Waals surface area contributed by atoms with E-state index in [0.717, 1.165) is 26.3 Å². The molecule has 0 aliphatic carbocycles. The first kappa shape index (κ1) is 6.62. The Balaban J connectivity index is 2.23. The molecule has 0 aromatic carbocycles. The molecule has 1 heterocycles. The van der Waals surface area contributed by atoms with Crippen LogP contribution in [-0.2, 0) is 4.74 Å². The normalized spacial score (nSPS) is 21.2. The summed E-state index contributed by atoms with van der Waals surface area (Å²) in [4.78, 5) is 2.27. The van der Waals surface area contributed by atoms with Crippen molar-refractivity contribution in [2.45, 2.75) is 6.92 Å². The second-order valence-corrected chi connectivity index (χ2v) is 2.13. The first-order valence-corrected chi connectivity index (χ1v) is 3.38. The van der Waals surface area contributed by atoms with Crippen molar-refractivity contribution >= 4 is 0 Å². The van der Waals surface area contributed by atoms with E-state index in [1.54, 1.807) is 0 Å². The van der Waals surface area contributed by atoms with Gasteiger partial charge in [-0.3, -0.25) is 0 Å². The maximum Gasteiger partial charge on any atom is 0.0642 e. The molecule has 2 nitrogen and oxygen atoms in total. The van der Waals surface area contributed by atoms with Gasteiger partial charge in [0.1, 0.15) is 0 Å². The summed E-state index contributed by atoms with van der Waals surface area (Å²) in [6.07, 6.45) is 4.17. The third-order valence-electron chi connectivity index (χ3n) is 1.41. The summed E-state index contributed by atoms with van der Waals surface area (Å²) >= 11 is 0. The Morgan fingerprint density at radius 3 is 2.56 bits per heavy atom. The van der Waals surface area contributed by atoms with Gasteiger partial charge < -0.3 is 9.64 Å². The number of nitrogens with zero attached hydrogens (tertiary/aromatic N) is 1. The molecule has 1 aliphatic heterocycles. The largest absolute Gasteiger partial charge is 0.378 e. The van der Waals surface area contributed by atoms with E-state index >= 15 is 0 Å². The molecule has 0 radical (unpaired) electrons. The maximum absolute atomic E-state index is 5.17. The summed E-state index contributed by atoms with van der Waals surface area (Å²) in [7, 11) is 0. The van der Waals surface area contributed by atoms with E-state index in [-0.39, 0.29) is 0 Å². The van der Waals surface area contributed by atoms with Crippen molar-refractivity contribution in [3.8, 4) is 0 Å². The lowest BCUT2D eigenvalue weighted by Crippen LogP contribution is -2.31. The van der Waals surface area contributed by atoms with Gasteiger partial charge >= 0.3 is 0 Å². The Morgan fingerprint density at radius 2 is 2.00 bits per heavy atom. The standard InChI is InChI=1S/C7H13NO/c1-2-3-8-4-6-9-7-5-8/h2-3H,4-7H2,1H3/b3-2+.